The average Bonchev–Trinajstić information content (AvgIpc) is 3.19. The van der Waals surface area contributed by atoms with Crippen LogP contribution in [0, 0.1) is 0 Å². The molecule has 0 aliphatic heterocycles. The Morgan fingerprint density at radius 3 is 1.90 bits per heavy atom. The molecule has 0 saturated carbocycles. The van der Waals surface area contributed by atoms with Crippen molar-refractivity contribution < 1.29 is 9.53 Å². The van der Waals surface area contributed by atoms with E-state index >= 15 is 0 Å². The van der Waals surface area contributed by atoms with Gasteiger partial charge in [0.2, 0.25) is 0 Å². The van der Waals surface area contributed by atoms with Crippen LogP contribution in [0.3, 0.4) is 0 Å². The van der Waals surface area contributed by atoms with E-state index in [9.17, 15) is 4.79 Å². The van der Waals surface area contributed by atoms with Gasteiger partial charge < -0.3 is 9.14 Å². The number of carbonyl (C=O) groups is 1. The maximum absolute atomic E-state index is 13.8. The Morgan fingerprint density at radius 2 is 1.29 bits per heavy atom. The fourth-order valence-electron chi connectivity index (χ4n) is 4.09. The smallest absolute Gasteiger partial charge is 0.195 e. The van der Waals surface area contributed by atoms with Crippen LogP contribution in [-0.2, 0) is 0 Å². The van der Waals surface area contributed by atoms with E-state index < -0.39 is 0 Å². The summed E-state index contributed by atoms with van der Waals surface area (Å²) in [5, 5.41) is 0. The van der Waals surface area contributed by atoms with Gasteiger partial charge in [0, 0.05) is 11.1 Å². The van der Waals surface area contributed by atoms with E-state index in [2.05, 4.69) is 28.7 Å². The number of hydrogen-bond acceptors (Lipinski definition) is 2. The van der Waals surface area contributed by atoms with Crippen molar-refractivity contribution in [2.75, 3.05) is 7.11 Å². The van der Waals surface area contributed by atoms with E-state index in [1.807, 2.05) is 85.1 Å². The summed E-state index contributed by atoms with van der Waals surface area (Å²) < 4.78 is 7.58. The van der Waals surface area contributed by atoms with Crippen LogP contribution >= 0.6 is 0 Å². The van der Waals surface area contributed by atoms with Crippen molar-refractivity contribution in [3.8, 4) is 28.1 Å². The van der Waals surface area contributed by atoms with Crippen molar-refractivity contribution in [1.82, 2.24) is 4.40 Å². The van der Waals surface area contributed by atoms with Crippen molar-refractivity contribution >= 4 is 11.3 Å². The van der Waals surface area contributed by atoms with E-state index in [4.69, 9.17) is 4.74 Å². The van der Waals surface area contributed by atoms with Crippen LogP contribution in [0.5, 0.6) is 5.75 Å². The third-order valence-electron chi connectivity index (χ3n) is 5.51. The molecule has 0 atom stereocenters. The second kappa shape index (κ2) is 7.96. The van der Waals surface area contributed by atoms with Crippen LogP contribution in [0.4, 0.5) is 0 Å². The number of aromatic nitrogens is 1. The van der Waals surface area contributed by atoms with Crippen molar-refractivity contribution in [2.45, 2.75) is 0 Å². The van der Waals surface area contributed by atoms with E-state index in [0.717, 1.165) is 33.7 Å². The largest absolute Gasteiger partial charge is 0.495 e. The summed E-state index contributed by atoms with van der Waals surface area (Å²) in [5.41, 5.74) is 6.16. The van der Waals surface area contributed by atoms with Crippen molar-refractivity contribution in [3.05, 3.63) is 120 Å². The number of methoxy groups -OCH3 is 1. The van der Waals surface area contributed by atoms with Crippen LogP contribution in [-0.4, -0.2) is 17.3 Å². The highest BCUT2D eigenvalue weighted by Gasteiger charge is 2.26. The summed E-state index contributed by atoms with van der Waals surface area (Å²) in [6.45, 7) is 0. The molecular weight excluding hydrogens is 382 g/mol. The van der Waals surface area contributed by atoms with Crippen LogP contribution in [0.1, 0.15) is 15.9 Å². The summed E-state index contributed by atoms with van der Waals surface area (Å²) in [5.74, 6) is 0.738. The predicted molar refractivity (Wildman–Crippen MR) is 125 cm³/mol. The van der Waals surface area contributed by atoms with E-state index in [-0.39, 0.29) is 5.78 Å². The molecule has 31 heavy (non-hydrogen) atoms. The number of benzene rings is 3. The van der Waals surface area contributed by atoms with Crippen LogP contribution in [0.2, 0.25) is 0 Å². The second-order valence-corrected chi connectivity index (χ2v) is 7.35. The Hall–Kier alpha value is -4.11. The number of ketones is 1. The van der Waals surface area contributed by atoms with E-state index in [0.29, 0.717) is 11.1 Å². The molecule has 0 saturated heterocycles. The van der Waals surface area contributed by atoms with Gasteiger partial charge in [0.25, 0.3) is 0 Å². The molecule has 0 N–H and O–H groups in total. The van der Waals surface area contributed by atoms with Gasteiger partial charge in [-0.1, -0.05) is 91.0 Å². The first-order chi connectivity index (χ1) is 15.3. The summed E-state index contributed by atoms with van der Waals surface area (Å²) in [6, 6.07) is 33.6. The molecule has 0 spiro atoms. The van der Waals surface area contributed by atoms with Crippen LogP contribution in [0.25, 0.3) is 27.9 Å². The highest BCUT2D eigenvalue weighted by Crippen LogP contribution is 2.41. The lowest BCUT2D eigenvalue weighted by Gasteiger charge is -2.09. The molecule has 0 fully saturated rings. The average molecular weight is 403 g/mol. The zero-order valence-corrected chi connectivity index (χ0v) is 17.2. The lowest BCUT2D eigenvalue weighted by atomic mass is 9.93. The first-order valence-electron chi connectivity index (χ1n) is 10.2. The molecule has 0 amide bonds. The van der Waals surface area contributed by atoms with Gasteiger partial charge in [-0.2, -0.15) is 0 Å². The standard InChI is InChI=1S/C28H21NO2/c1-31-23-17-18-24-26(28(30)22-15-9-4-10-16-22)25(20-11-5-2-6-12-20)27(29(24)19-23)21-13-7-3-8-14-21/h2-19H,1H3. The second-order valence-electron chi connectivity index (χ2n) is 7.35. The van der Waals surface area contributed by atoms with Gasteiger partial charge in [-0.25, -0.2) is 0 Å². The SMILES string of the molecule is COc1ccc2c(C(=O)c3ccccc3)c(-c3ccccc3)c(-c3ccccc3)n2c1. The molecule has 2 aromatic heterocycles. The number of nitrogens with zero attached hydrogens (tertiary/aromatic N) is 1. The maximum atomic E-state index is 13.8. The lowest BCUT2D eigenvalue weighted by molar-refractivity contribution is 0.104. The van der Waals surface area contributed by atoms with Gasteiger partial charge >= 0.3 is 0 Å². The van der Waals surface area contributed by atoms with Gasteiger partial charge in [-0.15, -0.1) is 0 Å². The Labute approximate surface area is 181 Å². The first kappa shape index (κ1) is 18.9. The van der Waals surface area contributed by atoms with Crippen molar-refractivity contribution in [1.29, 1.82) is 0 Å². The highest BCUT2D eigenvalue weighted by molar-refractivity contribution is 6.19. The fourth-order valence-corrected chi connectivity index (χ4v) is 4.09. The minimum Gasteiger partial charge on any atom is -0.495 e. The Bertz CT molecular complexity index is 1350. The summed E-state index contributed by atoms with van der Waals surface area (Å²) in [4.78, 5) is 13.8. The number of fused-ring (bicyclic) bond motifs is 1. The number of carbonyl (C=O) groups excluding carboxylic acids is 1. The maximum Gasteiger partial charge on any atom is 0.195 e. The number of rotatable bonds is 5. The van der Waals surface area contributed by atoms with Crippen LogP contribution in [0.15, 0.2) is 109 Å². The molecule has 0 bridgehead atoms. The molecular formula is C28H21NO2. The number of ether oxygens (including phenoxy) is 1. The fraction of sp³-hybridized carbons (Fsp3) is 0.0357. The molecule has 0 radical (unpaired) electrons. The number of pyridine rings is 1. The van der Waals surface area contributed by atoms with Gasteiger partial charge in [-0.05, 0) is 23.3 Å². The monoisotopic (exact) mass is 403 g/mol. The van der Waals surface area contributed by atoms with Gasteiger partial charge in [0.05, 0.1) is 30.1 Å². The summed E-state index contributed by atoms with van der Waals surface area (Å²) in [7, 11) is 1.65. The topological polar surface area (TPSA) is 30.7 Å². The minimum absolute atomic E-state index is 0.00398. The molecule has 5 aromatic rings. The molecule has 150 valence electrons. The minimum atomic E-state index is 0.00398. The molecule has 2 heterocycles. The third kappa shape index (κ3) is 3.30. The molecule has 0 aliphatic carbocycles. The van der Waals surface area contributed by atoms with E-state index in [1.54, 1.807) is 7.11 Å². The molecule has 0 aliphatic rings. The zero-order chi connectivity index (χ0) is 21.2. The zero-order valence-electron chi connectivity index (χ0n) is 17.2. The van der Waals surface area contributed by atoms with Crippen molar-refractivity contribution in [2.24, 2.45) is 0 Å². The normalized spacial score (nSPS) is 10.9. The first-order valence-corrected chi connectivity index (χ1v) is 10.2. The van der Waals surface area contributed by atoms with Crippen molar-refractivity contribution in [3.63, 3.8) is 0 Å². The molecule has 0 unspecified atom stereocenters. The molecule has 3 heteroatoms. The predicted octanol–water partition coefficient (Wildman–Crippen LogP) is 6.51. The van der Waals surface area contributed by atoms with Gasteiger partial charge in [0.1, 0.15) is 5.75 Å². The molecule has 5 rings (SSSR count). The van der Waals surface area contributed by atoms with Gasteiger partial charge in [-0.3, -0.25) is 4.79 Å². The van der Waals surface area contributed by atoms with Crippen LogP contribution < -0.4 is 4.74 Å². The van der Waals surface area contributed by atoms with Gasteiger partial charge in [0.15, 0.2) is 5.78 Å². The summed E-state index contributed by atoms with van der Waals surface area (Å²) in [6.07, 6.45) is 1.95. The Balaban J connectivity index is 1.92. The lowest BCUT2D eigenvalue weighted by Crippen LogP contribution is -2.02. The summed E-state index contributed by atoms with van der Waals surface area (Å²) >= 11 is 0. The molecule has 3 aromatic carbocycles. The van der Waals surface area contributed by atoms with E-state index in [1.165, 1.54) is 0 Å². The Kier molecular flexibility index (Phi) is 4.85. The molecule has 3 nitrogen and oxygen atoms in total. The quantitative estimate of drug-likeness (QED) is 0.313. The Morgan fingerprint density at radius 1 is 0.710 bits per heavy atom. The highest BCUT2D eigenvalue weighted by atomic mass is 16.5. The third-order valence-corrected chi connectivity index (χ3v) is 5.51. The number of hydrogen-bond donors (Lipinski definition) is 0.